The summed E-state index contributed by atoms with van der Waals surface area (Å²) in [6.07, 6.45) is 2.16. The van der Waals surface area contributed by atoms with Crippen molar-refractivity contribution in [3.05, 3.63) is 57.3 Å². The van der Waals surface area contributed by atoms with Crippen molar-refractivity contribution in [2.24, 2.45) is 0 Å². The lowest BCUT2D eigenvalue weighted by Crippen LogP contribution is -2.44. The zero-order valence-corrected chi connectivity index (χ0v) is 15.0. The lowest BCUT2D eigenvalue weighted by molar-refractivity contribution is -0.126. The minimum atomic E-state index is -0.946. The Hall–Kier alpha value is -2.18. The van der Waals surface area contributed by atoms with Gasteiger partial charge in [-0.3, -0.25) is 9.69 Å². The molecule has 2 heterocycles. The van der Waals surface area contributed by atoms with E-state index in [1.807, 2.05) is 6.92 Å². The smallest absolute Gasteiger partial charge is 0.335 e. The Morgan fingerprint density at radius 3 is 2.76 bits per heavy atom. The molecule has 0 fully saturated rings. The van der Waals surface area contributed by atoms with E-state index in [0.717, 1.165) is 31.5 Å². The fourth-order valence-electron chi connectivity index (χ4n) is 3.07. The minimum Gasteiger partial charge on any atom is -0.478 e. The molecule has 2 aromatic rings. The number of rotatable bonds is 5. The lowest BCUT2D eigenvalue weighted by Gasteiger charge is -2.26. The van der Waals surface area contributed by atoms with Crippen LogP contribution in [0.2, 0.25) is 0 Å². The van der Waals surface area contributed by atoms with Crippen LogP contribution in [0.3, 0.4) is 0 Å². The van der Waals surface area contributed by atoms with E-state index < -0.39 is 5.97 Å². The third kappa shape index (κ3) is 4.27. The van der Waals surface area contributed by atoms with E-state index in [9.17, 15) is 9.59 Å². The van der Waals surface area contributed by atoms with Crippen molar-refractivity contribution >= 4 is 23.2 Å². The Bertz CT molecular complexity index is 754. The summed E-state index contributed by atoms with van der Waals surface area (Å²) in [6, 6.07) is 8.55. The van der Waals surface area contributed by atoms with E-state index in [4.69, 9.17) is 5.11 Å². The number of carboxylic acids is 1. The summed E-state index contributed by atoms with van der Waals surface area (Å²) in [6.45, 7) is 4.09. The molecule has 1 atom stereocenters. The number of amides is 1. The van der Waals surface area contributed by atoms with Gasteiger partial charge in [-0.1, -0.05) is 12.1 Å². The van der Waals surface area contributed by atoms with Crippen molar-refractivity contribution < 1.29 is 14.7 Å². The second-order valence-electron chi connectivity index (χ2n) is 6.34. The molecule has 1 unspecified atom stereocenters. The first-order valence-electron chi connectivity index (χ1n) is 8.44. The predicted molar refractivity (Wildman–Crippen MR) is 97.8 cm³/mol. The Kier molecular flexibility index (Phi) is 5.50. The quantitative estimate of drug-likeness (QED) is 0.862. The second-order valence-corrected chi connectivity index (χ2v) is 7.34. The molecule has 0 spiro atoms. The van der Waals surface area contributed by atoms with Crippen LogP contribution in [-0.2, 0) is 24.3 Å². The highest BCUT2D eigenvalue weighted by Crippen LogP contribution is 2.24. The topological polar surface area (TPSA) is 69.6 Å². The van der Waals surface area contributed by atoms with Crippen LogP contribution in [0.15, 0.2) is 35.7 Å². The van der Waals surface area contributed by atoms with Crippen molar-refractivity contribution in [1.29, 1.82) is 0 Å². The van der Waals surface area contributed by atoms with Gasteiger partial charge in [-0.25, -0.2) is 4.79 Å². The molecule has 132 valence electrons. The summed E-state index contributed by atoms with van der Waals surface area (Å²) in [5.41, 5.74) is 2.48. The number of hydrogen-bond acceptors (Lipinski definition) is 4. The van der Waals surface area contributed by atoms with Gasteiger partial charge in [0.25, 0.3) is 0 Å². The highest BCUT2D eigenvalue weighted by atomic mass is 32.1. The van der Waals surface area contributed by atoms with Crippen LogP contribution in [0.1, 0.15) is 39.7 Å². The van der Waals surface area contributed by atoms with Crippen molar-refractivity contribution in [1.82, 2.24) is 10.2 Å². The molecule has 0 saturated heterocycles. The van der Waals surface area contributed by atoms with Gasteiger partial charge in [-0.05, 0) is 61.0 Å². The summed E-state index contributed by atoms with van der Waals surface area (Å²) >= 11 is 1.80. The van der Waals surface area contributed by atoms with Crippen molar-refractivity contribution in [3.8, 4) is 0 Å². The Morgan fingerprint density at radius 2 is 2.04 bits per heavy atom. The Morgan fingerprint density at radius 1 is 1.28 bits per heavy atom. The first kappa shape index (κ1) is 17.6. The Balaban J connectivity index is 1.56. The average molecular weight is 358 g/mol. The van der Waals surface area contributed by atoms with Crippen LogP contribution >= 0.6 is 11.3 Å². The van der Waals surface area contributed by atoms with Gasteiger partial charge in [0, 0.05) is 18.0 Å². The van der Waals surface area contributed by atoms with Gasteiger partial charge >= 0.3 is 5.97 Å². The highest BCUT2D eigenvalue weighted by molar-refractivity contribution is 7.10. The van der Waals surface area contributed by atoms with Crippen molar-refractivity contribution in [3.63, 3.8) is 0 Å². The first-order valence-corrected chi connectivity index (χ1v) is 9.32. The van der Waals surface area contributed by atoms with Crippen molar-refractivity contribution in [2.75, 3.05) is 6.54 Å². The summed E-state index contributed by atoms with van der Waals surface area (Å²) in [7, 11) is 0. The molecular formula is C19H22N2O3S. The molecule has 6 heteroatoms. The van der Waals surface area contributed by atoms with E-state index in [2.05, 4.69) is 21.7 Å². The number of carboxylic acid groups (broad SMARTS) is 1. The maximum absolute atomic E-state index is 12.5. The lowest BCUT2D eigenvalue weighted by atomic mass is 10.1. The molecule has 1 aliphatic heterocycles. The molecule has 1 amide bonds. The molecule has 1 aliphatic rings. The van der Waals surface area contributed by atoms with Gasteiger partial charge < -0.3 is 10.4 Å². The number of hydrogen-bond donors (Lipinski definition) is 2. The highest BCUT2D eigenvalue weighted by Gasteiger charge is 2.24. The van der Waals surface area contributed by atoms with E-state index in [-0.39, 0.29) is 17.5 Å². The van der Waals surface area contributed by atoms with E-state index in [1.54, 1.807) is 35.6 Å². The largest absolute Gasteiger partial charge is 0.478 e. The van der Waals surface area contributed by atoms with Gasteiger partial charge in [-0.2, -0.15) is 0 Å². The number of aromatic carboxylic acids is 1. The minimum absolute atomic E-state index is 0.000917. The summed E-state index contributed by atoms with van der Waals surface area (Å²) in [4.78, 5) is 27.0. The van der Waals surface area contributed by atoms with E-state index in [1.165, 1.54) is 10.4 Å². The molecular weight excluding hydrogens is 336 g/mol. The third-order valence-electron chi connectivity index (χ3n) is 4.66. The van der Waals surface area contributed by atoms with Crippen LogP contribution in [0.4, 0.5) is 0 Å². The van der Waals surface area contributed by atoms with Crippen molar-refractivity contribution in [2.45, 2.75) is 38.9 Å². The van der Waals surface area contributed by atoms with Gasteiger partial charge in [0.1, 0.15) is 0 Å². The molecule has 0 bridgehead atoms. The summed E-state index contributed by atoms with van der Waals surface area (Å²) in [5.74, 6) is -0.945. The molecule has 3 rings (SSSR count). The standard InChI is InChI=1S/C19H22N2O3S/c1-13(21-9-2-3-17-16(12-21)8-10-25-17)18(22)20-11-14-4-6-15(7-5-14)19(23)24/h4-8,10,13H,2-3,9,11-12H2,1H3,(H,20,22)(H,23,24). The molecule has 0 aliphatic carbocycles. The maximum atomic E-state index is 12.5. The van der Waals surface area contributed by atoms with Crippen LogP contribution in [0.25, 0.3) is 0 Å². The molecule has 5 nitrogen and oxygen atoms in total. The number of nitrogens with zero attached hydrogens (tertiary/aromatic N) is 1. The molecule has 0 saturated carbocycles. The molecule has 2 N–H and O–H groups in total. The number of benzene rings is 1. The fraction of sp³-hybridized carbons (Fsp3) is 0.368. The average Bonchev–Trinajstić information content (AvgIpc) is 2.96. The molecule has 0 radical (unpaired) electrons. The molecule has 25 heavy (non-hydrogen) atoms. The SMILES string of the molecule is CC(C(=O)NCc1ccc(C(=O)O)cc1)N1CCCc2sccc2C1. The second kappa shape index (κ2) is 7.80. The van der Waals surface area contributed by atoms with Crippen LogP contribution in [0, 0.1) is 0 Å². The van der Waals surface area contributed by atoms with E-state index >= 15 is 0 Å². The summed E-state index contributed by atoms with van der Waals surface area (Å²) < 4.78 is 0. The number of carbonyl (C=O) groups excluding carboxylic acids is 1. The zero-order chi connectivity index (χ0) is 17.8. The van der Waals surface area contributed by atoms with E-state index in [0.29, 0.717) is 6.54 Å². The number of carbonyl (C=O) groups is 2. The third-order valence-corrected chi connectivity index (χ3v) is 5.68. The normalized spacial score (nSPS) is 15.9. The number of thiophene rings is 1. The van der Waals surface area contributed by atoms with Crippen LogP contribution < -0.4 is 5.32 Å². The predicted octanol–water partition coefficient (Wildman–Crippen LogP) is 2.90. The van der Waals surface area contributed by atoms with Gasteiger partial charge in [0.2, 0.25) is 5.91 Å². The fourth-order valence-corrected chi connectivity index (χ4v) is 4.01. The first-order chi connectivity index (χ1) is 12.0. The monoisotopic (exact) mass is 358 g/mol. The zero-order valence-electron chi connectivity index (χ0n) is 14.2. The van der Waals surface area contributed by atoms with Crippen LogP contribution in [-0.4, -0.2) is 34.5 Å². The summed E-state index contributed by atoms with van der Waals surface area (Å²) in [5, 5.41) is 14.0. The number of fused-ring (bicyclic) bond motifs is 1. The molecule has 1 aromatic carbocycles. The van der Waals surface area contributed by atoms with Crippen LogP contribution in [0.5, 0.6) is 0 Å². The van der Waals surface area contributed by atoms with Gasteiger partial charge in [0.05, 0.1) is 11.6 Å². The van der Waals surface area contributed by atoms with Gasteiger partial charge in [-0.15, -0.1) is 11.3 Å². The molecule has 1 aromatic heterocycles. The number of nitrogens with one attached hydrogen (secondary N) is 1. The Labute approximate surface area is 151 Å². The maximum Gasteiger partial charge on any atom is 0.335 e. The number of aryl methyl sites for hydroxylation is 1. The van der Waals surface area contributed by atoms with Gasteiger partial charge in [0.15, 0.2) is 0 Å².